The largest absolute Gasteiger partial charge is 0.464 e. The number of imidazole rings is 1. The Morgan fingerprint density at radius 3 is 2.06 bits per heavy atom. The van der Waals surface area contributed by atoms with Gasteiger partial charge in [-0.3, -0.25) is 0 Å². The van der Waals surface area contributed by atoms with Crippen LogP contribution in [0, 0.1) is 18.6 Å². The second-order valence-electron chi connectivity index (χ2n) is 9.45. The number of carbonyl (C=O) groups is 1. The number of carbonyl (C=O) groups excluding carboxylic acids is 1. The van der Waals surface area contributed by atoms with Crippen molar-refractivity contribution in [3.05, 3.63) is 86.4 Å². The van der Waals surface area contributed by atoms with Crippen molar-refractivity contribution < 1.29 is 23.0 Å². The molecule has 0 aliphatic carbocycles. The van der Waals surface area contributed by atoms with Crippen LogP contribution in [0.3, 0.4) is 0 Å². The predicted octanol–water partition coefficient (Wildman–Crippen LogP) is 7.06. The monoisotopic (exact) mass is 540 g/mol. The van der Waals surface area contributed by atoms with E-state index in [0.717, 1.165) is 6.04 Å². The van der Waals surface area contributed by atoms with Gasteiger partial charge in [0.15, 0.2) is 5.69 Å². The molecule has 0 fully saturated rings. The Balaban J connectivity index is 2.17. The normalized spacial score (nSPS) is 11.8. The van der Waals surface area contributed by atoms with E-state index in [9.17, 15) is 13.6 Å². The summed E-state index contributed by atoms with van der Waals surface area (Å²) in [5.41, 5.74) is 1.85. The molecule has 0 N–H and O–H groups in total. The lowest BCUT2D eigenvalue weighted by Gasteiger charge is -2.21. The minimum absolute atomic E-state index is 0.0740. The van der Waals surface area contributed by atoms with Crippen LogP contribution < -0.4 is 0 Å². The van der Waals surface area contributed by atoms with Crippen LogP contribution in [-0.2, 0) is 16.2 Å². The zero-order chi connectivity index (χ0) is 25.9. The molecule has 1 heterocycles. The summed E-state index contributed by atoms with van der Waals surface area (Å²) in [6.45, 7) is 9.20. The number of hydrogen-bond donors (Lipinski definition) is 0. The van der Waals surface area contributed by atoms with Crippen molar-refractivity contribution in [3.8, 4) is 0 Å². The molecule has 5 nitrogen and oxygen atoms in total. The molecule has 0 radical (unpaired) electrons. The summed E-state index contributed by atoms with van der Waals surface area (Å²) in [7, 11) is -0.0363. The number of benzene rings is 2. The van der Waals surface area contributed by atoms with Crippen molar-refractivity contribution in [1.29, 1.82) is 0 Å². The zero-order valence-corrected chi connectivity index (χ0v) is 22.8. The first kappa shape index (κ1) is 27.3. The first-order valence-electron chi connectivity index (χ1n) is 11.1. The Labute approximate surface area is 215 Å². The van der Waals surface area contributed by atoms with Gasteiger partial charge in [-0.25, -0.2) is 18.6 Å². The second-order valence-corrected chi connectivity index (χ2v) is 15.9. The molecule has 0 bridgehead atoms. The van der Waals surface area contributed by atoms with E-state index in [1.165, 1.54) is 31.4 Å². The van der Waals surface area contributed by atoms with Crippen LogP contribution in [0.5, 0.6) is 0 Å². The lowest BCUT2D eigenvalue weighted by molar-refractivity contribution is 0.0592. The van der Waals surface area contributed by atoms with E-state index in [1.54, 1.807) is 23.6 Å². The summed E-state index contributed by atoms with van der Waals surface area (Å²) in [5.74, 6) is -1.96. The Hall–Kier alpha value is -2.26. The smallest absolute Gasteiger partial charge is 0.358 e. The maximum atomic E-state index is 14.0. The fraction of sp³-hybridized carbons (Fsp3) is 0.360. The first-order valence-corrected chi connectivity index (χ1v) is 15.5. The van der Waals surface area contributed by atoms with Crippen molar-refractivity contribution in [2.24, 2.45) is 0 Å². The van der Waals surface area contributed by atoms with E-state index in [1.807, 2.05) is 0 Å². The van der Waals surface area contributed by atoms with Crippen LogP contribution >= 0.6 is 23.2 Å². The number of methoxy groups -OCH3 is 1. The molecule has 0 amide bonds. The van der Waals surface area contributed by atoms with Crippen LogP contribution in [0.25, 0.3) is 0 Å². The van der Waals surface area contributed by atoms with E-state index in [0.29, 0.717) is 29.3 Å². The average molecular weight is 541 g/mol. The van der Waals surface area contributed by atoms with Crippen LogP contribution in [0.1, 0.15) is 39.1 Å². The first-order chi connectivity index (χ1) is 16.4. The number of aromatic nitrogens is 2. The number of rotatable bonds is 9. The van der Waals surface area contributed by atoms with Crippen LogP contribution in [0.4, 0.5) is 8.78 Å². The highest BCUT2D eigenvalue weighted by molar-refractivity contribution is 6.76. The SMILES string of the molecule is COC(=O)c1nc(C(c2ccc(F)c(Cl)c2)c2ccc(F)c(Cl)c2)n(COCC[Si](C)(C)C)c1C. The van der Waals surface area contributed by atoms with Gasteiger partial charge in [0.05, 0.1) is 28.8 Å². The van der Waals surface area contributed by atoms with Gasteiger partial charge < -0.3 is 14.0 Å². The third-order valence-corrected chi connectivity index (χ3v) is 7.94. The van der Waals surface area contributed by atoms with Crippen molar-refractivity contribution >= 4 is 37.2 Å². The van der Waals surface area contributed by atoms with Gasteiger partial charge in [0, 0.05) is 14.7 Å². The fourth-order valence-electron chi connectivity index (χ4n) is 3.64. The molecule has 2 aromatic carbocycles. The summed E-state index contributed by atoms with van der Waals surface area (Å²) in [6, 6.07) is 9.57. The third-order valence-electron chi connectivity index (χ3n) is 5.66. The summed E-state index contributed by atoms with van der Waals surface area (Å²) in [6.07, 6.45) is 0. The molecular weight excluding hydrogens is 513 g/mol. The third kappa shape index (κ3) is 6.49. The topological polar surface area (TPSA) is 53.3 Å². The number of halogens is 4. The molecular formula is C25H28Cl2F2N2O3Si. The molecule has 0 aliphatic rings. The summed E-state index contributed by atoms with van der Waals surface area (Å²) < 4.78 is 40.7. The fourth-order valence-corrected chi connectivity index (χ4v) is 4.77. The molecule has 0 atom stereocenters. The van der Waals surface area contributed by atoms with Crippen molar-refractivity contribution in [3.63, 3.8) is 0 Å². The van der Waals surface area contributed by atoms with E-state index >= 15 is 0 Å². The number of esters is 1. The number of ether oxygens (including phenoxy) is 2. The summed E-state index contributed by atoms with van der Waals surface area (Å²) in [5, 5.41) is -0.148. The highest BCUT2D eigenvalue weighted by atomic mass is 35.5. The van der Waals surface area contributed by atoms with Gasteiger partial charge >= 0.3 is 5.97 Å². The maximum absolute atomic E-state index is 14.0. The van der Waals surface area contributed by atoms with Gasteiger partial charge in [0.1, 0.15) is 24.2 Å². The molecule has 188 valence electrons. The minimum Gasteiger partial charge on any atom is -0.464 e. The highest BCUT2D eigenvalue weighted by Crippen LogP contribution is 2.36. The highest BCUT2D eigenvalue weighted by Gasteiger charge is 2.29. The second kappa shape index (κ2) is 11.2. The average Bonchev–Trinajstić information content (AvgIpc) is 3.11. The van der Waals surface area contributed by atoms with Gasteiger partial charge in [-0.05, 0) is 48.4 Å². The quantitative estimate of drug-likeness (QED) is 0.165. The molecule has 0 saturated carbocycles. The van der Waals surface area contributed by atoms with Crippen LogP contribution in [0.2, 0.25) is 35.7 Å². The minimum atomic E-state index is -1.32. The van der Waals surface area contributed by atoms with E-state index in [4.69, 9.17) is 32.7 Å². The van der Waals surface area contributed by atoms with Gasteiger partial charge in [-0.15, -0.1) is 0 Å². The Kier molecular flexibility index (Phi) is 8.75. The van der Waals surface area contributed by atoms with Gasteiger partial charge in [-0.2, -0.15) is 0 Å². The van der Waals surface area contributed by atoms with Gasteiger partial charge in [-0.1, -0.05) is 55.0 Å². The van der Waals surface area contributed by atoms with Crippen molar-refractivity contribution in [1.82, 2.24) is 9.55 Å². The van der Waals surface area contributed by atoms with Crippen LogP contribution in [0.15, 0.2) is 36.4 Å². The molecule has 3 aromatic rings. The molecule has 0 unspecified atom stereocenters. The summed E-state index contributed by atoms with van der Waals surface area (Å²) in [4.78, 5) is 17.1. The molecule has 3 rings (SSSR count). The van der Waals surface area contributed by atoms with Gasteiger partial charge in [0.2, 0.25) is 0 Å². The Morgan fingerprint density at radius 2 is 1.60 bits per heavy atom. The Morgan fingerprint density at radius 1 is 1.06 bits per heavy atom. The van der Waals surface area contributed by atoms with E-state index in [2.05, 4.69) is 24.6 Å². The standard InChI is InChI=1S/C25H28Cl2F2N2O3Si/c1-15-23(25(32)33-2)30-24(31(15)14-34-10-11-35(3,4)5)22(16-6-8-20(28)18(26)12-16)17-7-9-21(29)19(27)13-17/h6-9,12-13,22H,10-11,14H2,1-5H3. The van der Waals surface area contributed by atoms with Crippen LogP contribution in [-0.4, -0.2) is 37.3 Å². The maximum Gasteiger partial charge on any atom is 0.358 e. The number of nitrogens with zero attached hydrogens (tertiary/aromatic N) is 2. The molecule has 35 heavy (non-hydrogen) atoms. The Bertz CT molecular complexity index is 1180. The van der Waals surface area contributed by atoms with Crippen molar-refractivity contribution in [2.45, 2.75) is 45.3 Å². The van der Waals surface area contributed by atoms with Gasteiger partial charge in [0.25, 0.3) is 0 Å². The lowest BCUT2D eigenvalue weighted by atomic mass is 9.90. The molecule has 0 saturated heterocycles. The lowest BCUT2D eigenvalue weighted by Crippen LogP contribution is -2.22. The summed E-state index contributed by atoms with van der Waals surface area (Å²) >= 11 is 12.2. The zero-order valence-electron chi connectivity index (χ0n) is 20.3. The molecule has 10 heteroatoms. The molecule has 1 aromatic heterocycles. The predicted molar refractivity (Wildman–Crippen MR) is 136 cm³/mol. The molecule has 0 aliphatic heterocycles. The number of hydrogen-bond acceptors (Lipinski definition) is 4. The van der Waals surface area contributed by atoms with E-state index in [-0.39, 0.29) is 22.5 Å². The van der Waals surface area contributed by atoms with Crippen molar-refractivity contribution in [2.75, 3.05) is 13.7 Å². The molecule has 0 spiro atoms. The van der Waals surface area contributed by atoms with E-state index < -0.39 is 31.6 Å².